The zero-order valence-electron chi connectivity index (χ0n) is 13.0. The Hall–Kier alpha value is -1.09. The van der Waals surface area contributed by atoms with Gasteiger partial charge in [-0.3, -0.25) is 4.79 Å². The Morgan fingerprint density at radius 3 is 3.17 bits per heavy atom. The lowest BCUT2D eigenvalue weighted by Crippen LogP contribution is -2.41. The van der Waals surface area contributed by atoms with E-state index in [4.69, 9.17) is 9.15 Å². The van der Waals surface area contributed by atoms with Crippen molar-refractivity contribution in [3.8, 4) is 0 Å². The standard InChI is InChI=1S/C16H18BrN3O3S/c17-15-2-1-11(23-15)6-18-13-7-22-8-14(13)20-16(21)5-10-9-24-4-3-12(10)19-20/h1-2,5,13-14,18H,3-4,6-9H2. The Morgan fingerprint density at radius 1 is 1.42 bits per heavy atom. The maximum Gasteiger partial charge on any atom is 0.267 e. The van der Waals surface area contributed by atoms with E-state index in [0.29, 0.717) is 24.4 Å². The highest BCUT2D eigenvalue weighted by Gasteiger charge is 2.32. The van der Waals surface area contributed by atoms with Gasteiger partial charge < -0.3 is 14.5 Å². The Balaban J connectivity index is 1.53. The average Bonchev–Trinajstić information content (AvgIpc) is 3.21. The third-order valence-electron chi connectivity index (χ3n) is 4.40. The van der Waals surface area contributed by atoms with E-state index in [9.17, 15) is 4.79 Å². The smallest absolute Gasteiger partial charge is 0.267 e. The van der Waals surface area contributed by atoms with E-state index >= 15 is 0 Å². The minimum absolute atomic E-state index is 0.0371. The Labute approximate surface area is 152 Å². The summed E-state index contributed by atoms with van der Waals surface area (Å²) in [5, 5.41) is 8.07. The fraction of sp³-hybridized carbons (Fsp3) is 0.500. The maximum atomic E-state index is 12.5. The van der Waals surface area contributed by atoms with Crippen LogP contribution in [0.5, 0.6) is 0 Å². The molecule has 1 fully saturated rings. The van der Waals surface area contributed by atoms with Crippen molar-refractivity contribution in [1.29, 1.82) is 0 Å². The molecule has 24 heavy (non-hydrogen) atoms. The first-order valence-corrected chi connectivity index (χ1v) is 9.90. The fourth-order valence-corrected chi connectivity index (χ4v) is 4.42. The van der Waals surface area contributed by atoms with Crippen molar-refractivity contribution in [2.45, 2.75) is 30.8 Å². The van der Waals surface area contributed by atoms with Gasteiger partial charge in [0.15, 0.2) is 4.67 Å². The second-order valence-corrected chi connectivity index (χ2v) is 7.89. The minimum Gasteiger partial charge on any atom is -0.453 e. The van der Waals surface area contributed by atoms with Crippen LogP contribution >= 0.6 is 27.7 Å². The summed E-state index contributed by atoms with van der Waals surface area (Å²) >= 11 is 5.16. The number of aromatic nitrogens is 2. The number of hydrogen-bond acceptors (Lipinski definition) is 6. The van der Waals surface area contributed by atoms with Crippen molar-refractivity contribution in [2.75, 3.05) is 19.0 Å². The van der Waals surface area contributed by atoms with E-state index < -0.39 is 0 Å². The Morgan fingerprint density at radius 2 is 2.33 bits per heavy atom. The van der Waals surface area contributed by atoms with E-state index in [1.54, 1.807) is 10.7 Å². The van der Waals surface area contributed by atoms with Gasteiger partial charge in [-0.1, -0.05) is 0 Å². The van der Waals surface area contributed by atoms with E-state index in [0.717, 1.165) is 34.9 Å². The van der Waals surface area contributed by atoms with Crippen LogP contribution in [0.1, 0.15) is 23.1 Å². The molecule has 4 heterocycles. The molecular formula is C16H18BrN3O3S. The average molecular weight is 412 g/mol. The van der Waals surface area contributed by atoms with Crippen LogP contribution < -0.4 is 10.9 Å². The summed E-state index contributed by atoms with van der Waals surface area (Å²) in [5.74, 6) is 2.79. The van der Waals surface area contributed by atoms with Gasteiger partial charge in [-0.05, 0) is 39.4 Å². The molecule has 2 aliphatic rings. The quantitative estimate of drug-likeness (QED) is 0.830. The number of nitrogens with zero attached hydrogens (tertiary/aromatic N) is 2. The number of ether oxygens (including phenoxy) is 1. The van der Waals surface area contributed by atoms with Crippen LogP contribution in [0, 0.1) is 0 Å². The number of hydrogen-bond donors (Lipinski definition) is 1. The summed E-state index contributed by atoms with van der Waals surface area (Å²) in [5.41, 5.74) is 2.09. The van der Waals surface area contributed by atoms with Crippen molar-refractivity contribution in [3.05, 3.63) is 50.2 Å². The van der Waals surface area contributed by atoms with Crippen LogP contribution in [-0.4, -0.2) is 34.8 Å². The monoisotopic (exact) mass is 411 g/mol. The molecule has 0 aromatic carbocycles. The summed E-state index contributed by atoms with van der Waals surface area (Å²) in [4.78, 5) is 12.5. The SMILES string of the molecule is O=c1cc2c(nn1C1COCC1NCc1ccc(Br)o1)CCSC2. The van der Waals surface area contributed by atoms with Crippen LogP contribution in [-0.2, 0) is 23.5 Å². The van der Waals surface area contributed by atoms with Gasteiger partial charge in [0.25, 0.3) is 5.56 Å². The highest BCUT2D eigenvalue weighted by Crippen LogP contribution is 2.24. The number of thioether (sulfide) groups is 1. The molecule has 2 atom stereocenters. The van der Waals surface area contributed by atoms with Gasteiger partial charge in [-0.2, -0.15) is 16.9 Å². The number of aryl methyl sites for hydroxylation is 1. The van der Waals surface area contributed by atoms with Gasteiger partial charge in [0.2, 0.25) is 0 Å². The highest BCUT2D eigenvalue weighted by molar-refractivity contribution is 9.10. The fourth-order valence-electron chi connectivity index (χ4n) is 3.12. The molecule has 8 heteroatoms. The highest BCUT2D eigenvalue weighted by atomic mass is 79.9. The zero-order valence-corrected chi connectivity index (χ0v) is 15.4. The Bertz CT molecular complexity index is 791. The molecule has 0 aliphatic carbocycles. The van der Waals surface area contributed by atoms with Crippen LogP contribution in [0.2, 0.25) is 0 Å². The largest absolute Gasteiger partial charge is 0.453 e. The third-order valence-corrected chi connectivity index (χ3v) is 5.83. The molecule has 1 saturated heterocycles. The lowest BCUT2D eigenvalue weighted by Gasteiger charge is -2.22. The zero-order chi connectivity index (χ0) is 16.5. The molecule has 0 saturated carbocycles. The number of furan rings is 1. The van der Waals surface area contributed by atoms with Crippen molar-refractivity contribution in [3.63, 3.8) is 0 Å². The molecule has 2 aliphatic heterocycles. The Kier molecular flexibility index (Phi) is 4.80. The van der Waals surface area contributed by atoms with Crippen molar-refractivity contribution in [1.82, 2.24) is 15.1 Å². The molecule has 0 amide bonds. The summed E-state index contributed by atoms with van der Waals surface area (Å²) < 4.78 is 13.4. The van der Waals surface area contributed by atoms with Crippen molar-refractivity contribution in [2.24, 2.45) is 0 Å². The third kappa shape index (κ3) is 3.33. The van der Waals surface area contributed by atoms with E-state index in [2.05, 4.69) is 26.3 Å². The van der Waals surface area contributed by atoms with E-state index in [1.807, 2.05) is 23.9 Å². The predicted molar refractivity (Wildman–Crippen MR) is 95.3 cm³/mol. The lowest BCUT2D eigenvalue weighted by atomic mass is 10.1. The molecular weight excluding hydrogens is 394 g/mol. The van der Waals surface area contributed by atoms with Gasteiger partial charge in [-0.15, -0.1) is 0 Å². The molecule has 0 bridgehead atoms. The lowest BCUT2D eigenvalue weighted by molar-refractivity contribution is 0.180. The summed E-state index contributed by atoms with van der Waals surface area (Å²) in [6, 6.07) is 5.48. The van der Waals surface area contributed by atoms with Crippen LogP contribution in [0.25, 0.3) is 0 Å². The first-order valence-electron chi connectivity index (χ1n) is 7.95. The van der Waals surface area contributed by atoms with Gasteiger partial charge >= 0.3 is 0 Å². The predicted octanol–water partition coefficient (Wildman–Crippen LogP) is 2.12. The molecule has 1 N–H and O–H groups in total. The summed E-state index contributed by atoms with van der Waals surface area (Å²) in [6.45, 7) is 1.65. The molecule has 2 unspecified atom stereocenters. The van der Waals surface area contributed by atoms with Crippen LogP contribution in [0.3, 0.4) is 0 Å². The minimum atomic E-state index is -0.0872. The molecule has 0 spiro atoms. The second-order valence-electron chi connectivity index (χ2n) is 6.00. The molecule has 0 radical (unpaired) electrons. The summed E-state index contributed by atoms with van der Waals surface area (Å²) in [6.07, 6.45) is 0.923. The van der Waals surface area contributed by atoms with E-state index in [1.165, 1.54) is 0 Å². The van der Waals surface area contributed by atoms with Crippen molar-refractivity contribution < 1.29 is 9.15 Å². The normalized spacial score (nSPS) is 23.4. The topological polar surface area (TPSA) is 69.3 Å². The van der Waals surface area contributed by atoms with Crippen LogP contribution in [0.15, 0.2) is 32.1 Å². The number of nitrogens with one attached hydrogen (secondary N) is 1. The van der Waals surface area contributed by atoms with Crippen molar-refractivity contribution >= 4 is 27.7 Å². The van der Waals surface area contributed by atoms with Gasteiger partial charge in [0.05, 0.1) is 37.5 Å². The second kappa shape index (κ2) is 7.03. The number of rotatable bonds is 4. The first-order chi connectivity index (χ1) is 11.7. The molecule has 2 aromatic heterocycles. The molecule has 4 rings (SSSR count). The molecule has 6 nitrogen and oxygen atoms in total. The molecule has 2 aromatic rings. The molecule has 128 valence electrons. The van der Waals surface area contributed by atoms with E-state index in [-0.39, 0.29) is 17.6 Å². The summed E-state index contributed by atoms with van der Waals surface area (Å²) in [7, 11) is 0. The van der Waals surface area contributed by atoms with Crippen LogP contribution in [0.4, 0.5) is 0 Å². The first kappa shape index (κ1) is 16.4. The maximum absolute atomic E-state index is 12.5. The van der Waals surface area contributed by atoms with Gasteiger partial charge in [0.1, 0.15) is 5.76 Å². The van der Waals surface area contributed by atoms with Gasteiger partial charge in [-0.25, -0.2) is 4.68 Å². The van der Waals surface area contributed by atoms with Gasteiger partial charge in [0, 0.05) is 18.2 Å². The number of halogens is 1. The number of fused-ring (bicyclic) bond motifs is 1.